The van der Waals surface area contributed by atoms with Crippen molar-refractivity contribution in [1.82, 2.24) is 0 Å². The molecule has 0 saturated carbocycles. The van der Waals surface area contributed by atoms with Gasteiger partial charge < -0.3 is 5.73 Å². The molecule has 2 atom stereocenters. The Hall–Kier alpha value is 0.760. The zero-order valence-electron chi connectivity index (χ0n) is 3.91. The van der Waals surface area contributed by atoms with Gasteiger partial charge in [-0.3, -0.25) is 4.55 Å². The van der Waals surface area contributed by atoms with Crippen LogP contribution in [0.15, 0.2) is 0 Å². The standard InChI is InChI=1S/C2H6INO3S/c3-1-2(4)7-8(5)6/h2H,1,4H2,(H,5,6). The molecule has 4 nitrogen and oxygen atoms in total. The molecule has 0 aromatic carbocycles. The van der Waals surface area contributed by atoms with Crippen LogP contribution < -0.4 is 5.73 Å². The lowest BCUT2D eigenvalue weighted by Gasteiger charge is -2.02. The topological polar surface area (TPSA) is 72.5 Å². The molecule has 0 aliphatic rings. The maximum absolute atomic E-state index is 9.77. The van der Waals surface area contributed by atoms with Gasteiger partial charge >= 0.3 is 11.4 Å². The third kappa shape index (κ3) is 4.91. The van der Waals surface area contributed by atoms with Crippen LogP contribution in [0, 0.1) is 0 Å². The first-order chi connectivity index (χ1) is 3.66. The highest BCUT2D eigenvalue weighted by molar-refractivity contribution is 14.1. The first-order valence-electron chi connectivity index (χ1n) is 1.76. The van der Waals surface area contributed by atoms with Crippen molar-refractivity contribution in [3.05, 3.63) is 0 Å². The molecule has 0 spiro atoms. The van der Waals surface area contributed by atoms with Gasteiger partial charge in [0.1, 0.15) is 6.23 Å². The van der Waals surface area contributed by atoms with Gasteiger partial charge in [-0.1, -0.05) is 22.6 Å². The van der Waals surface area contributed by atoms with E-state index in [-0.39, 0.29) is 0 Å². The van der Waals surface area contributed by atoms with Gasteiger partial charge in [-0.15, -0.1) is 0 Å². The summed E-state index contributed by atoms with van der Waals surface area (Å²) in [5, 5.41) is 0. The Morgan fingerprint density at radius 2 is 2.50 bits per heavy atom. The molecule has 8 heavy (non-hydrogen) atoms. The van der Waals surface area contributed by atoms with Crippen LogP contribution in [0.1, 0.15) is 0 Å². The number of hydrogen-bond acceptors (Lipinski definition) is 3. The van der Waals surface area contributed by atoms with Gasteiger partial charge in [0, 0.05) is 4.43 Å². The quantitative estimate of drug-likeness (QED) is 0.317. The van der Waals surface area contributed by atoms with E-state index < -0.39 is 17.6 Å². The summed E-state index contributed by atoms with van der Waals surface area (Å²) < 4.78 is 22.5. The Morgan fingerprint density at radius 3 is 2.62 bits per heavy atom. The molecule has 0 saturated heterocycles. The zero-order chi connectivity index (χ0) is 6.57. The van der Waals surface area contributed by atoms with E-state index in [2.05, 4.69) is 4.18 Å². The molecule has 6 heteroatoms. The Labute approximate surface area is 63.4 Å². The van der Waals surface area contributed by atoms with Crippen molar-refractivity contribution >= 4 is 34.0 Å². The molecule has 0 aliphatic carbocycles. The first-order valence-corrected chi connectivity index (χ1v) is 4.32. The first kappa shape index (κ1) is 8.76. The molecule has 0 aromatic rings. The van der Waals surface area contributed by atoms with Gasteiger partial charge in [-0.2, -0.15) is 4.21 Å². The molecular weight excluding hydrogens is 245 g/mol. The van der Waals surface area contributed by atoms with E-state index in [1.807, 2.05) is 22.6 Å². The van der Waals surface area contributed by atoms with E-state index in [0.717, 1.165) is 0 Å². The van der Waals surface area contributed by atoms with Crippen LogP contribution in [0.25, 0.3) is 0 Å². The summed E-state index contributed by atoms with van der Waals surface area (Å²) in [5.41, 5.74) is 5.09. The van der Waals surface area contributed by atoms with Crippen LogP contribution >= 0.6 is 22.6 Å². The summed E-state index contributed by atoms with van der Waals surface area (Å²) in [5.74, 6) is 0. The lowest BCUT2D eigenvalue weighted by atomic mass is 10.7. The smallest absolute Gasteiger partial charge is 0.303 e. The number of nitrogens with two attached hydrogens (primary N) is 1. The third-order valence-corrected chi connectivity index (χ3v) is 1.64. The van der Waals surface area contributed by atoms with Crippen LogP contribution in [-0.4, -0.2) is 19.4 Å². The lowest BCUT2D eigenvalue weighted by Crippen LogP contribution is -2.25. The molecule has 0 fully saturated rings. The fourth-order valence-corrected chi connectivity index (χ4v) is 0.835. The summed E-state index contributed by atoms with van der Waals surface area (Å²) in [6.45, 7) is 0. The van der Waals surface area contributed by atoms with Crippen molar-refractivity contribution in [2.24, 2.45) is 5.73 Å². The minimum atomic E-state index is -2.23. The van der Waals surface area contributed by atoms with Crippen molar-refractivity contribution < 1.29 is 12.9 Å². The van der Waals surface area contributed by atoms with E-state index >= 15 is 0 Å². The van der Waals surface area contributed by atoms with Crippen molar-refractivity contribution in [2.75, 3.05) is 4.43 Å². The maximum atomic E-state index is 9.77. The van der Waals surface area contributed by atoms with Crippen molar-refractivity contribution in [3.63, 3.8) is 0 Å². The summed E-state index contributed by atoms with van der Waals surface area (Å²) in [4.78, 5) is 0. The summed E-state index contributed by atoms with van der Waals surface area (Å²) in [7, 11) is 0. The lowest BCUT2D eigenvalue weighted by molar-refractivity contribution is 0.237. The largest absolute Gasteiger partial charge is 0.304 e. The van der Waals surface area contributed by atoms with E-state index in [1.165, 1.54) is 0 Å². The third-order valence-electron chi connectivity index (χ3n) is 0.358. The molecule has 0 rings (SSSR count). The van der Waals surface area contributed by atoms with Crippen LogP contribution in [0.4, 0.5) is 0 Å². The van der Waals surface area contributed by atoms with Gasteiger partial charge in [-0.25, -0.2) is 4.18 Å². The fourth-order valence-electron chi connectivity index (χ4n) is 0.131. The van der Waals surface area contributed by atoms with Crippen molar-refractivity contribution in [2.45, 2.75) is 6.23 Å². The molecular formula is C2H6INO3S. The predicted molar refractivity (Wildman–Crippen MR) is 38.7 cm³/mol. The van der Waals surface area contributed by atoms with Gasteiger partial charge in [-0.05, 0) is 0 Å². The highest BCUT2D eigenvalue weighted by Crippen LogP contribution is 1.90. The highest BCUT2D eigenvalue weighted by atomic mass is 127. The second-order valence-electron chi connectivity index (χ2n) is 1.01. The molecule has 0 aromatic heterocycles. The minimum Gasteiger partial charge on any atom is -0.304 e. The van der Waals surface area contributed by atoms with Gasteiger partial charge in [0.15, 0.2) is 0 Å². The predicted octanol–water partition coefficient (Wildman–Crippen LogP) is -0.141. The van der Waals surface area contributed by atoms with E-state index in [4.69, 9.17) is 10.3 Å². The molecule has 2 unspecified atom stereocenters. The Morgan fingerprint density at radius 1 is 2.00 bits per heavy atom. The van der Waals surface area contributed by atoms with Gasteiger partial charge in [0.2, 0.25) is 0 Å². The zero-order valence-corrected chi connectivity index (χ0v) is 6.89. The summed E-state index contributed by atoms with van der Waals surface area (Å²) >= 11 is -0.274. The van der Waals surface area contributed by atoms with Crippen molar-refractivity contribution in [1.29, 1.82) is 0 Å². The molecule has 0 bridgehead atoms. The number of halogens is 1. The Balaban J connectivity index is 3.24. The number of hydrogen-bond donors (Lipinski definition) is 2. The molecule has 0 aliphatic heterocycles. The van der Waals surface area contributed by atoms with Crippen LogP contribution in [0.2, 0.25) is 0 Å². The van der Waals surface area contributed by atoms with Crippen LogP contribution in [-0.2, 0) is 15.5 Å². The molecule has 3 N–H and O–H groups in total. The molecule has 0 amide bonds. The van der Waals surface area contributed by atoms with Crippen LogP contribution in [0.5, 0.6) is 0 Å². The van der Waals surface area contributed by atoms with Crippen LogP contribution in [0.3, 0.4) is 0 Å². The summed E-state index contributed by atoms with van der Waals surface area (Å²) in [6.07, 6.45) is -0.638. The Kier molecular flexibility index (Phi) is 5.06. The SMILES string of the molecule is NC(CI)OS(=O)O. The van der Waals surface area contributed by atoms with Gasteiger partial charge in [0.05, 0.1) is 0 Å². The monoisotopic (exact) mass is 251 g/mol. The second-order valence-corrected chi connectivity index (χ2v) is 2.51. The second kappa shape index (κ2) is 4.62. The van der Waals surface area contributed by atoms with E-state index in [9.17, 15) is 4.21 Å². The minimum absolute atomic E-state index is 0.504. The average Bonchev–Trinajstić information content (AvgIpc) is 1.65. The molecule has 0 radical (unpaired) electrons. The average molecular weight is 251 g/mol. The van der Waals surface area contributed by atoms with Gasteiger partial charge in [0.25, 0.3) is 0 Å². The summed E-state index contributed by atoms with van der Waals surface area (Å²) in [6, 6.07) is 0. The highest BCUT2D eigenvalue weighted by Gasteiger charge is 2.01. The Bertz CT molecular complexity index is 89.4. The molecule has 50 valence electrons. The normalized spacial score (nSPS) is 17.9. The van der Waals surface area contributed by atoms with E-state index in [0.29, 0.717) is 4.43 Å². The number of alkyl halides is 1. The molecule has 0 heterocycles. The number of rotatable bonds is 3. The maximum Gasteiger partial charge on any atom is 0.303 e. The fraction of sp³-hybridized carbons (Fsp3) is 1.00. The van der Waals surface area contributed by atoms with E-state index in [1.54, 1.807) is 0 Å². The van der Waals surface area contributed by atoms with Crippen molar-refractivity contribution in [3.8, 4) is 0 Å².